The third kappa shape index (κ3) is 7.54. The van der Waals surface area contributed by atoms with Crippen molar-refractivity contribution in [3.63, 3.8) is 0 Å². The molecule has 4 unspecified atom stereocenters. The lowest BCUT2D eigenvalue weighted by Gasteiger charge is -2.46. The molecule has 4 fully saturated rings. The topological polar surface area (TPSA) is 18.5 Å². The summed E-state index contributed by atoms with van der Waals surface area (Å²) in [6, 6.07) is 2.98. The Balaban J connectivity index is 1.01. The van der Waals surface area contributed by atoms with Gasteiger partial charge in [-0.25, -0.2) is 0 Å². The Labute approximate surface area is 243 Å². The highest BCUT2D eigenvalue weighted by molar-refractivity contribution is 5.35. The van der Waals surface area contributed by atoms with Crippen LogP contribution >= 0.6 is 0 Å². The van der Waals surface area contributed by atoms with E-state index in [1.165, 1.54) is 121 Å². The minimum Gasteiger partial charge on any atom is -0.491 e. The fraction of sp³-hybridized carbons (Fsp3) is 0.833. The van der Waals surface area contributed by atoms with Gasteiger partial charge in [0.25, 0.3) is 0 Å². The maximum absolute atomic E-state index is 14.4. The first-order chi connectivity index (χ1) is 19.6. The van der Waals surface area contributed by atoms with Crippen LogP contribution in [-0.2, 0) is 0 Å². The van der Waals surface area contributed by atoms with Gasteiger partial charge in [0, 0.05) is 0 Å². The number of rotatable bonds is 11. The van der Waals surface area contributed by atoms with Crippen molar-refractivity contribution in [2.45, 2.75) is 129 Å². The average molecular weight is 559 g/mol. The molecule has 5 rings (SSSR count). The number of hydrogen-bond donors (Lipinski definition) is 0. The Morgan fingerprint density at radius 3 is 1.68 bits per heavy atom. The smallest absolute Gasteiger partial charge is 0.204 e. The highest BCUT2D eigenvalue weighted by Gasteiger charge is 2.40. The van der Waals surface area contributed by atoms with E-state index < -0.39 is 11.6 Å². The van der Waals surface area contributed by atoms with E-state index in [1.54, 1.807) is 6.92 Å². The van der Waals surface area contributed by atoms with Crippen LogP contribution in [0.3, 0.4) is 0 Å². The molecule has 1 aromatic carbocycles. The summed E-state index contributed by atoms with van der Waals surface area (Å²) in [7, 11) is 0. The van der Waals surface area contributed by atoms with Gasteiger partial charge in [-0.3, -0.25) is 0 Å². The molecule has 1 aromatic rings. The molecule has 0 N–H and O–H groups in total. The van der Waals surface area contributed by atoms with E-state index in [9.17, 15) is 8.78 Å². The van der Waals surface area contributed by atoms with Gasteiger partial charge in [0.1, 0.15) is 0 Å². The first-order valence-electron chi connectivity index (χ1n) is 17.3. The highest BCUT2D eigenvalue weighted by Crippen LogP contribution is 2.50. The standard InChI is InChI=1S/C36H56F2O2/c1-3-5-6-7-25-8-11-27(12-9-25)28-14-16-29(17-15-28)31-19-18-30-22-26(10-13-32(30)23-31)24-40-34-21-20-33(39-4-2)35(37)36(34)38/h20-21,25-32H,3-19,22-24H2,1-2H3. The van der Waals surface area contributed by atoms with Crippen LogP contribution in [-0.4, -0.2) is 13.2 Å². The van der Waals surface area contributed by atoms with Crippen molar-refractivity contribution in [2.75, 3.05) is 13.2 Å². The molecule has 4 heteroatoms. The zero-order valence-corrected chi connectivity index (χ0v) is 25.5. The van der Waals surface area contributed by atoms with Gasteiger partial charge in [-0.2, -0.15) is 8.78 Å². The second kappa shape index (κ2) is 14.7. The van der Waals surface area contributed by atoms with Crippen LogP contribution < -0.4 is 9.47 Å². The van der Waals surface area contributed by atoms with E-state index in [4.69, 9.17) is 9.47 Å². The quantitative estimate of drug-likeness (QED) is 0.252. The lowest BCUT2D eigenvalue weighted by Crippen LogP contribution is -2.36. The molecule has 0 aromatic heterocycles. The molecule has 4 aliphatic rings. The van der Waals surface area contributed by atoms with Crippen LogP contribution in [0.1, 0.15) is 129 Å². The fourth-order valence-corrected chi connectivity index (χ4v) is 9.42. The number of fused-ring (bicyclic) bond motifs is 1. The minimum atomic E-state index is -0.944. The van der Waals surface area contributed by atoms with E-state index in [-0.39, 0.29) is 11.5 Å². The van der Waals surface area contributed by atoms with E-state index >= 15 is 0 Å². The van der Waals surface area contributed by atoms with Crippen molar-refractivity contribution in [3.8, 4) is 11.5 Å². The molecule has 0 bridgehead atoms. The Hall–Kier alpha value is -1.32. The molecule has 0 aliphatic heterocycles. The fourth-order valence-electron chi connectivity index (χ4n) is 9.42. The van der Waals surface area contributed by atoms with Crippen LogP contribution in [0.2, 0.25) is 0 Å². The Bertz CT molecular complexity index is 902. The maximum Gasteiger partial charge on any atom is 0.204 e. The number of hydrogen-bond acceptors (Lipinski definition) is 2. The molecule has 226 valence electrons. The zero-order chi connectivity index (χ0) is 27.9. The summed E-state index contributed by atoms with van der Waals surface area (Å²) in [5.41, 5.74) is 0. The van der Waals surface area contributed by atoms with Gasteiger partial charge in [0.05, 0.1) is 13.2 Å². The zero-order valence-electron chi connectivity index (χ0n) is 25.5. The van der Waals surface area contributed by atoms with E-state index in [2.05, 4.69) is 6.92 Å². The lowest BCUT2D eigenvalue weighted by molar-refractivity contribution is 0.0419. The molecule has 0 radical (unpaired) electrons. The summed E-state index contributed by atoms with van der Waals surface area (Å²) >= 11 is 0. The summed E-state index contributed by atoms with van der Waals surface area (Å²) in [5, 5.41) is 0. The Kier molecular flexibility index (Phi) is 11.1. The summed E-state index contributed by atoms with van der Waals surface area (Å²) in [6.07, 6.45) is 25.6. The van der Waals surface area contributed by atoms with E-state index in [1.807, 2.05) is 0 Å². The average Bonchev–Trinajstić information content (AvgIpc) is 2.99. The number of unbranched alkanes of at least 4 members (excludes halogenated alkanes) is 2. The molecule has 40 heavy (non-hydrogen) atoms. The molecule has 4 aliphatic carbocycles. The minimum absolute atomic E-state index is 0.0161. The molecule has 0 amide bonds. The number of benzene rings is 1. The summed E-state index contributed by atoms with van der Waals surface area (Å²) in [6.45, 7) is 4.88. The molecule has 0 spiro atoms. The van der Waals surface area contributed by atoms with Gasteiger partial charge in [0.15, 0.2) is 11.5 Å². The van der Waals surface area contributed by atoms with Gasteiger partial charge in [-0.05, 0) is 143 Å². The van der Waals surface area contributed by atoms with Crippen LogP contribution in [0.4, 0.5) is 8.78 Å². The third-order valence-electron chi connectivity index (χ3n) is 11.8. The lowest BCUT2D eigenvalue weighted by atomic mass is 9.60. The normalized spacial score (nSPS) is 34.7. The Morgan fingerprint density at radius 1 is 0.575 bits per heavy atom. The van der Waals surface area contributed by atoms with Gasteiger partial charge < -0.3 is 9.47 Å². The van der Waals surface area contributed by atoms with E-state index in [0.29, 0.717) is 19.1 Å². The molecular weight excluding hydrogens is 502 g/mol. The first-order valence-corrected chi connectivity index (χ1v) is 17.3. The largest absolute Gasteiger partial charge is 0.491 e. The second-order valence-corrected chi connectivity index (χ2v) is 14.2. The van der Waals surface area contributed by atoms with Gasteiger partial charge in [-0.1, -0.05) is 45.4 Å². The predicted octanol–water partition coefficient (Wildman–Crippen LogP) is 10.8. The van der Waals surface area contributed by atoms with Gasteiger partial charge >= 0.3 is 0 Å². The summed E-state index contributed by atoms with van der Waals surface area (Å²) in [4.78, 5) is 0. The molecule has 4 saturated carbocycles. The highest BCUT2D eigenvalue weighted by atomic mass is 19.2. The summed E-state index contributed by atoms with van der Waals surface area (Å²) < 4.78 is 39.6. The van der Waals surface area contributed by atoms with E-state index in [0.717, 1.165) is 47.8 Å². The first kappa shape index (κ1) is 30.1. The SMILES string of the molecule is CCCCCC1CCC(C2CCC(C3CCC4CC(COc5ccc(OCC)c(F)c5F)CCC4C3)CC2)CC1. The predicted molar refractivity (Wildman–Crippen MR) is 160 cm³/mol. The third-order valence-corrected chi connectivity index (χ3v) is 11.8. The second-order valence-electron chi connectivity index (χ2n) is 14.2. The molecule has 2 nitrogen and oxygen atoms in total. The Morgan fingerprint density at radius 2 is 1.05 bits per heavy atom. The van der Waals surface area contributed by atoms with Crippen LogP contribution in [0.25, 0.3) is 0 Å². The molecule has 0 saturated heterocycles. The van der Waals surface area contributed by atoms with Gasteiger partial charge in [-0.15, -0.1) is 0 Å². The van der Waals surface area contributed by atoms with Crippen molar-refractivity contribution in [1.82, 2.24) is 0 Å². The molecule has 4 atom stereocenters. The maximum atomic E-state index is 14.4. The van der Waals surface area contributed by atoms with Crippen molar-refractivity contribution < 1.29 is 18.3 Å². The van der Waals surface area contributed by atoms with Gasteiger partial charge in [0.2, 0.25) is 11.6 Å². The molecular formula is C36H56F2O2. The monoisotopic (exact) mass is 558 g/mol. The van der Waals surface area contributed by atoms with Crippen molar-refractivity contribution in [2.24, 2.45) is 47.3 Å². The summed E-state index contributed by atoms with van der Waals surface area (Å²) in [5.74, 6) is 5.23. The van der Waals surface area contributed by atoms with Crippen molar-refractivity contribution in [1.29, 1.82) is 0 Å². The van der Waals surface area contributed by atoms with Crippen molar-refractivity contribution >= 4 is 0 Å². The van der Waals surface area contributed by atoms with Crippen LogP contribution in [0.15, 0.2) is 12.1 Å². The number of halogens is 2. The number of ether oxygens (including phenoxy) is 2. The van der Waals surface area contributed by atoms with Crippen molar-refractivity contribution in [3.05, 3.63) is 23.8 Å². The van der Waals surface area contributed by atoms with Crippen LogP contribution in [0.5, 0.6) is 11.5 Å². The molecule has 0 heterocycles. The van der Waals surface area contributed by atoms with Crippen LogP contribution in [0, 0.1) is 59.0 Å².